The summed E-state index contributed by atoms with van der Waals surface area (Å²) in [5.41, 5.74) is 2.55. The maximum Gasteiger partial charge on any atom is 0.329 e. The van der Waals surface area contributed by atoms with Crippen molar-refractivity contribution >= 4 is 29.1 Å². The molecule has 2 aliphatic rings. The number of nitrogens with one attached hydrogen (secondary N) is 2. The van der Waals surface area contributed by atoms with Gasteiger partial charge in [0, 0.05) is 30.0 Å². The van der Waals surface area contributed by atoms with Gasteiger partial charge >= 0.3 is 5.97 Å². The number of pyridine rings is 1. The molecule has 200 valence electrons. The number of aromatic nitrogens is 1. The minimum atomic E-state index is -1.00. The van der Waals surface area contributed by atoms with Crippen LogP contribution in [0.1, 0.15) is 50.2 Å². The minimum absolute atomic E-state index is 0.0181. The smallest absolute Gasteiger partial charge is 0.329 e. The van der Waals surface area contributed by atoms with Gasteiger partial charge in [-0.25, -0.2) is 9.78 Å². The molecular weight excluding hydrogens is 498 g/mol. The summed E-state index contributed by atoms with van der Waals surface area (Å²) in [5.74, 6) is 1.61. The quantitative estimate of drug-likeness (QED) is 0.280. The molecule has 0 amide bonds. The van der Waals surface area contributed by atoms with Crippen LogP contribution in [-0.4, -0.2) is 35.3 Å². The average molecular weight is 534 g/mol. The third-order valence-electron chi connectivity index (χ3n) is 8.62. The van der Waals surface area contributed by atoms with Crippen molar-refractivity contribution in [1.29, 1.82) is 0 Å². The molecule has 0 radical (unpaired) electrons. The number of anilines is 2. The maximum atomic E-state index is 12.6. The Morgan fingerprint density at radius 3 is 2.66 bits per heavy atom. The van der Waals surface area contributed by atoms with E-state index in [2.05, 4.69) is 46.8 Å². The molecule has 3 N–H and O–H groups in total. The molecular formula is C31H36ClN3O3. The molecule has 1 saturated carbocycles. The second-order valence-corrected chi connectivity index (χ2v) is 11.5. The zero-order valence-electron chi connectivity index (χ0n) is 22.0. The number of hydrogen-bond donors (Lipinski definition) is 3. The first-order valence-corrected chi connectivity index (χ1v) is 13.8. The van der Waals surface area contributed by atoms with E-state index in [1.165, 1.54) is 11.1 Å². The number of carboxylic acids is 1. The first kappa shape index (κ1) is 26.4. The molecule has 6 nitrogen and oxygen atoms in total. The molecule has 0 saturated heterocycles. The predicted molar refractivity (Wildman–Crippen MR) is 152 cm³/mol. The summed E-state index contributed by atoms with van der Waals surface area (Å²) in [4.78, 5) is 16.9. The number of halogens is 1. The van der Waals surface area contributed by atoms with Crippen molar-refractivity contribution in [3.8, 4) is 5.75 Å². The van der Waals surface area contributed by atoms with Gasteiger partial charge in [0.25, 0.3) is 0 Å². The standard InChI is InChI=1S/C31H36ClN3O3/c1-21(20-38-26-10-15-34-28(19-26)33-2)16-23-17-22-6-3-4-9-27(22)30(23)11-13-31(14-12-30,29(36)37)35-25-8-5-7-24(32)18-25/h3-10,15,18-19,21,23,35H,11-14,16-17,20H2,1-2H3,(H,33,34)(H,36,37)/t21-,23+,30?,31?/m1/s1. The molecule has 0 bridgehead atoms. The zero-order chi connectivity index (χ0) is 26.8. The van der Waals surface area contributed by atoms with E-state index in [0.717, 1.165) is 42.9 Å². The summed E-state index contributed by atoms with van der Waals surface area (Å²) in [6.45, 7) is 2.88. The summed E-state index contributed by atoms with van der Waals surface area (Å²) < 4.78 is 6.14. The van der Waals surface area contributed by atoms with Crippen LogP contribution in [0.3, 0.4) is 0 Å². The van der Waals surface area contributed by atoms with Gasteiger partial charge in [-0.15, -0.1) is 0 Å². The summed E-state index contributed by atoms with van der Waals surface area (Å²) in [6.07, 6.45) is 6.60. The molecule has 1 fully saturated rings. The van der Waals surface area contributed by atoms with Crippen LogP contribution in [0, 0.1) is 11.8 Å². The molecule has 2 atom stereocenters. The molecule has 7 heteroatoms. The molecule has 3 aromatic rings. The van der Waals surface area contributed by atoms with E-state index < -0.39 is 11.5 Å². The van der Waals surface area contributed by atoms with Gasteiger partial charge in [0.05, 0.1) is 6.61 Å². The van der Waals surface area contributed by atoms with Crippen LogP contribution in [0.25, 0.3) is 0 Å². The van der Waals surface area contributed by atoms with E-state index in [1.54, 1.807) is 18.3 Å². The second-order valence-electron chi connectivity index (χ2n) is 11.0. The maximum absolute atomic E-state index is 12.6. The number of nitrogens with zero attached hydrogens (tertiary/aromatic N) is 1. The highest BCUT2D eigenvalue weighted by Crippen LogP contribution is 2.56. The van der Waals surface area contributed by atoms with E-state index in [-0.39, 0.29) is 5.41 Å². The lowest BCUT2D eigenvalue weighted by Crippen LogP contribution is -2.53. The largest absolute Gasteiger partial charge is 0.493 e. The SMILES string of the molecule is CNc1cc(OC[C@H](C)C[C@H]2Cc3ccccc3C23CCC(Nc2cccc(Cl)c2)(C(=O)O)CC3)ccn1. The third kappa shape index (κ3) is 5.19. The summed E-state index contributed by atoms with van der Waals surface area (Å²) >= 11 is 6.19. The van der Waals surface area contributed by atoms with E-state index in [1.807, 2.05) is 31.3 Å². The van der Waals surface area contributed by atoms with Gasteiger partial charge in [-0.1, -0.05) is 48.9 Å². The first-order chi connectivity index (χ1) is 18.3. The molecule has 2 aromatic carbocycles. The normalized spacial score (nSPS) is 25.0. The van der Waals surface area contributed by atoms with Crippen molar-refractivity contribution in [2.24, 2.45) is 11.8 Å². The van der Waals surface area contributed by atoms with Gasteiger partial charge < -0.3 is 20.5 Å². The summed E-state index contributed by atoms with van der Waals surface area (Å²) in [5, 5.41) is 17.4. The second kappa shape index (κ2) is 10.9. The van der Waals surface area contributed by atoms with Crippen molar-refractivity contribution in [2.75, 3.05) is 24.3 Å². The van der Waals surface area contributed by atoms with Crippen LogP contribution >= 0.6 is 11.6 Å². The Morgan fingerprint density at radius 1 is 1.13 bits per heavy atom. The minimum Gasteiger partial charge on any atom is -0.493 e. The number of carboxylic acid groups (broad SMARTS) is 1. The van der Waals surface area contributed by atoms with Crippen molar-refractivity contribution in [3.05, 3.63) is 83.0 Å². The number of carbonyl (C=O) groups is 1. The molecule has 2 aliphatic carbocycles. The van der Waals surface area contributed by atoms with E-state index in [4.69, 9.17) is 16.3 Å². The summed E-state index contributed by atoms with van der Waals surface area (Å²) in [6, 6.07) is 19.9. The molecule has 1 aromatic heterocycles. The number of aliphatic carboxylic acids is 1. The van der Waals surface area contributed by atoms with Gasteiger partial charge in [0.2, 0.25) is 0 Å². The van der Waals surface area contributed by atoms with Gasteiger partial charge in [0.15, 0.2) is 0 Å². The Hall–Kier alpha value is -3.25. The Morgan fingerprint density at radius 2 is 1.92 bits per heavy atom. The van der Waals surface area contributed by atoms with Crippen molar-refractivity contribution in [2.45, 2.75) is 56.4 Å². The van der Waals surface area contributed by atoms with Crippen LogP contribution in [0.4, 0.5) is 11.5 Å². The molecule has 1 heterocycles. The Balaban J connectivity index is 1.33. The number of ether oxygens (including phenoxy) is 1. The molecule has 38 heavy (non-hydrogen) atoms. The van der Waals surface area contributed by atoms with Crippen molar-refractivity contribution in [1.82, 2.24) is 4.98 Å². The number of fused-ring (bicyclic) bond motifs is 2. The monoisotopic (exact) mass is 533 g/mol. The van der Waals surface area contributed by atoms with Crippen LogP contribution < -0.4 is 15.4 Å². The lowest BCUT2D eigenvalue weighted by atomic mass is 9.59. The third-order valence-corrected chi connectivity index (χ3v) is 8.86. The predicted octanol–water partition coefficient (Wildman–Crippen LogP) is 6.80. The van der Waals surface area contributed by atoms with Gasteiger partial charge in [0.1, 0.15) is 17.1 Å². The van der Waals surface area contributed by atoms with Crippen LogP contribution in [-0.2, 0) is 16.6 Å². The highest BCUT2D eigenvalue weighted by molar-refractivity contribution is 6.30. The van der Waals surface area contributed by atoms with E-state index in [0.29, 0.717) is 36.3 Å². The average Bonchev–Trinajstić information content (AvgIpc) is 3.21. The molecule has 1 spiro atoms. The van der Waals surface area contributed by atoms with Crippen LogP contribution in [0.2, 0.25) is 5.02 Å². The zero-order valence-corrected chi connectivity index (χ0v) is 22.8. The van der Waals surface area contributed by atoms with E-state index >= 15 is 0 Å². The Bertz CT molecular complexity index is 1290. The van der Waals surface area contributed by atoms with Crippen molar-refractivity contribution in [3.63, 3.8) is 0 Å². The number of hydrogen-bond acceptors (Lipinski definition) is 5. The van der Waals surface area contributed by atoms with Gasteiger partial charge in [-0.2, -0.15) is 0 Å². The number of rotatable bonds is 9. The highest BCUT2D eigenvalue weighted by atomic mass is 35.5. The molecule has 0 aliphatic heterocycles. The first-order valence-electron chi connectivity index (χ1n) is 13.5. The Kier molecular flexibility index (Phi) is 7.53. The fraction of sp³-hybridized carbons (Fsp3) is 0.419. The lowest BCUT2D eigenvalue weighted by Gasteiger charge is -2.47. The van der Waals surface area contributed by atoms with Gasteiger partial charge in [-0.05, 0) is 91.2 Å². The number of benzene rings is 2. The topological polar surface area (TPSA) is 83.5 Å². The fourth-order valence-corrected chi connectivity index (χ4v) is 6.83. The van der Waals surface area contributed by atoms with E-state index in [9.17, 15) is 9.90 Å². The fourth-order valence-electron chi connectivity index (χ4n) is 6.64. The van der Waals surface area contributed by atoms with Crippen LogP contribution in [0.5, 0.6) is 5.75 Å². The van der Waals surface area contributed by atoms with Crippen molar-refractivity contribution < 1.29 is 14.6 Å². The Labute approximate surface area is 229 Å². The molecule has 5 rings (SSSR count). The molecule has 0 unspecified atom stereocenters. The summed E-state index contributed by atoms with van der Waals surface area (Å²) in [7, 11) is 1.85. The van der Waals surface area contributed by atoms with Crippen LogP contribution in [0.15, 0.2) is 66.9 Å². The lowest BCUT2D eigenvalue weighted by molar-refractivity contribution is -0.144. The highest BCUT2D eigenvalue weighted by Gasteiger charge is 2.53. The van der Waals surface area contributed by atoms with Gasteiger partial charge in [-0.3, -0.25) is 0 Å².